The molecule has 0 bridgehead atoms. The van der Waals surface area contributed by atoms with Gasteiger partial charge < -0.3 is 14.3 Å². The van der Waals surface area contributed by atoms with E-state index in [0.29, 0.717) is 6.29 Å². The predicted octanol–water partition coefficient (Wildman–Crippen LogP) is 0.835. The van der Waals surface area contributed by atoms with E-state index in [2.05, 4.69) is 6.58 Å². The number of methoxy groups -OCH3 is 2. The summed E-state index contributed by atoms with van der Waals surface area (Å²) >= 11 is 0. The summed E-state index contributed by atoms with van der Waals surface area (Å²) in [7, 11) is 2.61. The second-order valence-corrected chi connectivity index (χ2v) is 4.03. The summed E-state index contributed by atoms with van der Waals surface area (Å²) < 4.78 is 10.1. The van der Waals surface area contributed by atoms with Crippen molar-refractivity contribution in [3.8, 4) is 0 Å². The molecule has 1 rings (SSSR count). The molecule has 0 amide bonds. The molecule has 0 saturated carbocycles. The SMILES string of the molecule is C=CC(C=O)C1=C(C)C(=O)C(OC)(OC)CC1=O. The maximum atomic E-state index is 12.2. The van der Waals surface area contributed by atoms with Gasteiger partial charge in [-0.3, -0.25) is 9.59 Å². The number of allylic oxidation sites excluding steroid dienone is 2. The Bertz CT molecular complexity index is 421. The minimum Gasteiger partial charge on any atom is -0.346 e. The first kappa shape index (κ1) is 14.5. The zero-order valence-electron chi connectivity index (χ0n) is 10.7. The summed E-state index contributed by atoms with van der Waals surface area (Å²) in [5.41, 5.74) is 0.363. The van der Waals surface area contributed by atoms with E-state index in [1.54, 1.807) is 0 Å². The molecule has 0 fully saturated rings. The highest BCUT2D eigenvalue weighted by atomic mass is 16.7. The Morgan fingerprint density at radius 1 is 1.33 bits per heavy atom. The number of aldehydes is 1. The van der Waals surface area contributed by atoms with E-state index >= 15 is 0 Å². The zero-order chi connectivity index (χ0) is 13.9. The van der Waals surface area contributed by atoms with Gasteiger partial charge in [0, 0.05) is 25.4 Å². The smallest absolute Gasteiger partial charge is 0.240 e. The summed E-state index contributed by atoms with van der Waals surface area (Å²) in [6.45, 7) is 4.97. The van der Waals surface area contributed by atoms with Crippen LogP contribution in [0.3, 0.4) is 0 Å². The first-order valence-corrected chi connectivity index (χ1v) is 5.44. The Kier molecular flexibility index (Phi) is 4.32. The lowest BCUT2D eigenvalue weighted by molar-refractivity contribution is -0.207. The van der Waals surface area contributed by atoms with E-state index < -0.39 is 17.5 Å². The van der Waals surface area contributed by atoms with Crippen LogP contribution in [0.2, 0.25) is 0 Å². The van der Waals surface area contributed by atoms with Gasteiger partial charge in [0.05, 0.1) is 12.3 Å². The third kappa shape index (κ3) is 2.07. The number of hydrogen-bond donors (Lipinski definition) is 0. The molecule has 0 N–H and O–H groups in total. The average Bonchev–Trinajstić information content (AvgIpc) is 2.39. The molecule has 1 unspecified atom stereocenters. The summed E-state index contributed by atoms with van der Waals surface area (Å²) in [5, 5.41) is 0. The minimum atomic E-state index is -1.57. The van der Waals surface area contributed by atoms with Crippen molar-refractivity contribution in [3.05, 3.63) is 23.8 Å². The molecule has 0 saturated heterocycles. The van der Waals surface area contributed by atoms with Gasteiger partial charge in [-0.05, 0) is 6.92 Å². The lowest BCUT2D eigenvalue weighted by atomic mass is 9.80. The van der Waals surface area contributed by atoms with Gasteiger partial charge in [0.1, 0.15) is 6.29 Å². The second-order valence-electron chi connectivity index (χ2n) is 4.03. The third-order valence-electron chi connectivity index (χ3n) is 3.18. The molecule has 0 spiro atoms. The maximum Gasteiger partial charge on any atom is 0.240 e. The number of rotatable bonds is 5. The maximum absolute atomic E-state index is 12.2. The molecule has 0 heterocycles. The Morgan fingerprint density at radius 3 is 2.28 bits per heavy atom. The zero-order valence-corrected chi connectivity index (χ0v) is 10.7. The molecule has 1 aliphatic rings. The third-order valence-corrected chi connectivity index (χ3v) is 3.18. The first-order chi connectivity index (χ1) is 8.47. The molecule has 0 aromatic rings. The summed E-state index contributed by atoms with van der Waals surface area (Å²) in [4.78, 5) is 35.2. The first-order valence-electron chi connectivity index (χ1n) is 5.44. The second kappa shape index (κ2) is 5.37. The van der Waals surface area contributed by atoms with E-state index in [9.17, 15) is 14.4 Å². The molecule has 18 heavy (non-hydrogen) atoms. The van der Waals surface area contributed by atoms with Crippen LogP contribution >= 0.6 is 0 Å². The van der Waals surface area contributed by atoms with E-state index in [0.717, 1.165) is 0 Å². The normalized spacial score (nSPS) is 20.8. The summed E-state index contributed by atoms with van der Waals surface area (Å²) in [6, 6.07) is 0. The molecule has 0 aromatic carbocycles. The molecular formula is C13H16O5. The number of carbonyl (C=O) groups excluding carboxylic acids is 3. The summed E-state index contributed by atoms with van der Waals surface area (Å²) in [6.07, 6.45) is 1.69. The predicted molar refractivity (Wildman–Crippen MR) is 63.8 cm³/mol. The lowest BCUT2D eigenvalue weighted by Gasteiger charge is -2.34. The Balaban J connectivity index is 3.35. The largest absolute Gasteiger partial charge is 0.346 e. The highest BCUT2D eigenvalue weighted by molar-refractivity contribution is 6.16. The topological polar surface area (TPSA) is 69.7 Å². The fourth-order valence-electron chi connectivity index (χ4n) is 2.09. The molecule has 0 aromatic heterocycles. The summed E-state index contributed by atoms with van der Waals surface area (Å²) in [5.74, 6) is -3.11. The van der Waals surface area contributed by atoms with Gasteiger partial charge in [-0.2, -0.15) is 0 Å². The van der Waals surface area contributed by atoms with Crippen molar-refractivity contribution >= 4 is 17.9 Å². The molecule has 0 radical (unpaired) electrons. The Hall–Kier alpha value is -1.59. The van der Waals surface area contributed by atoms with Crippen LogP contribution in [-0.2, 0) is 23.9 Å². The van der Waals surface area contributed by atoms with E-state index in [1.807, 2.05) is 0 Å². The molecule has 1 aliphatic carbocycles. The number of ether oxygens (including phenoxy) is 2. The van der Waals surface area contributed by atoms with Gasteiger partial charge in [0.15, 0.2) is 5.78 Å². The minimum absolute atomic E-state index is 0.176. The quantitative estimate of drug-likeness (QED) is 0.412. The van der Waals surface area contributed by atoms with E-state index in [-0.39, 0.29) is 23.4 Å². The molecule has 5 nitrogen and oxygen atoms in total. The molecule has 5 heteroatoms. The van der Waals surface area contributed by atoms with Crippen molar-refractivity contribution in [2.24, 2.45) is 5.92 Å². The standard InChI is InChI=1S/C13H16O5/c1-5-9(7-14)11-8(2)12(16)13(17-3,18-4)6-10(11)15/h5,7,9H,1,6H2,2-4H3. The molecule has 98 valence electrons. The van der Waals surface area contributed by atoms with Crippen molar-refractivity contribution < 1.29 is 23.9 Å². The fraction of sp³-hybridized carbons (Fsp3) is 0.462. The highest BCUT2D eigenvalue weighted by Crippen LogP contribution is 2.33. The monoisotopic (exact) mass is 252 g/mol. The van der Waals surface area contributed by atoms with Crippen molar-refractivity contribution in [3.63, 3.8) is 0 Å². The van der Waals surface area contributed by atoms with Gasteiger partial charge in [0.25, 0.3) is 0 Å². The number of hydrogen-bond acceptors (Lipinski definition) is 5. The fourth-order valence-corrected chi connectivity index (χ4v) is 2.09. The molecule has 0 aliphatic heterocycles. The van der Waals surface area contributed by atoms with Gasteiger partial charge in [-0.15, -0.1) is 6.58 Å². The van der Waals surface area contributed by atoms with Crippen molar-refractivity contribution in [2.45, 2.75) is 19.1 Å². The Labute approximate surface area is 105 Å². The van der Waals surface area contributed by atoms with Gasteiger partial charge in [-0.1, -0.05) is 6.08 Å². The number of carbonyl (C=O) groups is 3. The lowest BCUT2D eigenvalue weighted by Crippen LogP contribution is -2.49. The van der Waals surface area contributed by atoms with Crippen LogP contribution in [0.1, 0.15) is 13.3 Å². The van der Waals surface area contributed by atoms with E-state index in [1.165, 1.54) is 27.2 Å². The van der Waals surface area contributed by atoms with Crippen LogP contribution in [-0.4, -0.2) is 37.9 Å². The Morgan fingerprint density at radius 2 is 1.89 bits per heavy atom. The van der Waals surface area contributed by atoms with Gasteiger partial charge >= 0.3 is 0 Å². The van der Waals surface area contributed by atoms with E-state index in [4.69, 9.17) is 9.47 Å². The average molecular weight is 252 g/mol. The van der Waals surface area contributed by atoms with Crippen LogP contribution in [0.4, 0.5) is 0 Å². The van der Waals surface area contributed by atoms with Crippen LogP contribution in [0, 0.1) is 5.92 Å². The highest BCUT2D eigenvalue weighted by Gasteiger charge is 2.48. The molecule has 1 atom stereocenters. The van der Waals surface area contributed by atoms with Gasteiger partial charge in [-0.25, -0.2) is 0 Å². The van der Waals surface area contributed by atoms with Crippen molar-refractivity contribution in [2.75, 3.05) is 14.2 Å². The number of Topliss-reactive ketones (excluding diaryl/α,β-unsaturated/α-hetero) is 2. The van der Waals surface area contributed by atoms with Crippen molar-refractivity contribution in [1.82, 2.24) is 0 Å². The molecular weight excluding hydrogens is 236 g/mol. The van der Waals surface area contributed by atoms with Crippen LogP contribution < -0.4 is 0 Å². The van der Waals surface area contributed by atoms with Crippen molar-refractivity contribution in [1.29, 1.82) is 0 Å². The van der Waals surface area contributed by atoms with Gasteiger partial charge in [0.2, 0.25) is 11.6 Å². The van der Waals surface area contributed by atoms with Crippen LogP contribution in [0.25, 0.3) is 0 Å². The number of ketones is 2. The van der Waals surface area contributed by atoms with Crippen LogP contribution in [0.15, 0.2) is 23.8 Å². The van der Waals surface area contributed by atoms with Crippen LogP contribution in [0.5, 0.6) is 0 Å².